The first-order chi connectivity index (χ1) is 14.8. The minimum absolute atomic E-state index is 0.0635. The van der Waals surface area contributed by atoms with Gasteiger partial charge in [-0.05, 0) is 17.7 Å². The van der Waals surface area contributed by atoms with Gasteiger partial charge in [0.05, 0.1) is 10.5 Å². The van der Waals surface area contributed by atoms with Gasteiger partial charge in [0, 0.05) is 41.8 Å². The number of nitrogens with zero attached hydrogens (tertiary/aromatic N) is 3. The molecule has 31 heavy (non-hydrogen) atoms. The number of fused-ring (bicyclic) bond motifs is 1. The van der Waals surface area contributed by atoms with Crippen LogP contribution in [0.15, 0.2) is 58.5 Å². The van der Waals surface area contributed by atoms with Gasteiger partial charge in [-0.3, -0.25) is 19.7 Å². The van der Waals surface area contributed by atoms with Crippen LogP contribution in [0.3, 0.4) is 0 Å². The number of carbonyl (C=O) groups is 1. The van der Waals surface area contributed by atoms with E-state index in [4.69, 9.17) is 11.6 Å². The van der Waals surface area contributed by atoms with Gasteiger partial charge in [0.1, 0.15) is 5.82 Å². The Labute approximate surface area is 186 Å². The summed E-state index contributed by atoms with van der Waals surface area (Å²) >= 11 is 7.26. The highest BCUT2D eigenvalue weighted by Gasteiger charge is 2.35. The van der Waals surface area contributed by atoms with Gasteiger partial charge in [-0.1, -0.05) is 53.7 Å². The Bertz CT molecular complexity index is 1240. The van der Waals surface area contributed by atoms with Crippen LogP contribution in [0.2, 0.25) is 5.02 Å². The summed E-state index contributed by atoms with van der Waals surface area (Å²) in [5, 5.41) is 15.3. The van der Waals surface area contributed by atoms with Crippen LogP contribution in [-0.2, 0) is 17.6 Å². The minimum Gasteiger partial charge on any atom is -0.312 e. The van der Waals surface area contributed by atoms with E-state index >= 15 is 0 Å². The molecule has 0 bridgehead atoms. The van der Waals surface area contributed by atoms with Gasteiger partial charge in [0.2, 0.25) is 5.91 Å². The molecule has 0 saturated carbocycles. The standard InChI is InChI=1S/C21H17ClN4O4S/c1-25-19-18(20(28)24-21(25)31-11-12-6-8-13(22)9-7-12)15(10-17(27)23-19)14-4-2-3-5-16(14)26(29)30/h2-9,15H,10-11H2,1H3,(H,23,27). The van der Waals surface area contributed by atoms with Crippen LogP contribution < -0.4 is 10.9 Å². The number of amides is 1. The Morgan fingerprint density at radius 1 is 1.23 bits per heavy atom. The van der Waals surface area contributed by atoms with Crippen LogP contribution in [0.1, 0.15) is 29.0 Å². The molecule has 0 aliphatic carbocycles. The normalized spacial score (nSPS) is 15.3. The predicted octanol–water partition coefficient (Wildman–Crippen LogP) is 4.11. The number of rotatable bonds is 5. The molecule has 158 valence electrons. The number of nitro benzene ring substituents is 1. The molecule has 8 nitrogen and oxygen atoms in total. The van der Waals surface area contributed by atoms with E-state index in [1.54, 1.807) is 41.9 Å². The first-order valence-corrected chi connectivity index (χ1v) is 10.7. The van der Waals surface area contributed by atoms with Crippen LogP contribution in [0.25, 0.3) is 0 Å². The van der Waals surface area contributed by atoms with Crippen molar-refractivity contribution >= 4 is 40.8 Å². The molecule has 1 aliphatic heterocycles. The summed E-state index contributed by atoms with van der Waals surface area (Å²) in [5.74, 6) is -0.187. The van der Waals surface area contributed by atoms with Crippen molar-refractivity contribution < 1.29 is 9.72 Å². The topological polar surface area (TPSA) is 107 Å². The Morgan fingerprint density at radius 3 is 2.65 bits per heavy atom. The summed E-state index contributed by atoms with van der Waals surface area (Å²) in [5.41, 5.74) is 0.950. The fraction of sp³-hybridized carbons (Fsp3) is 0.190. The highest BCUT2D eigenvalue weighted by molar-refractivity contribution is 7.98. The summed E-state index contributed by atoms with van der Waals surface area (Å²) in [7, 11) is 1.71. The number of para-hydroxylation sites is 1. The van der Waals surface area contributed by atoms with Crippen LogP contribution in [0.4, 0.5) is 11.5 Å². The van der Waals surface area contributed by atoms with Crippen molar-refractivity contribution in [2.24, 2.45) is 7.05 Å². The van der Waals surface area contributed by atoms with E-state index in [9.17, 15) is 19.7 Å². The number of thioether (sulfide) groups is 1. The molecule has 0 radical (unpaired) electrons. The summed E-state index contributed by atoms with van der Waals surface area (Å²) in [6.07, 6.45) is -0.0635. The van der Waals surface area contributed by atoms with Gasteiger partial charge in [0.25, 0.3) is 11.2 Å². The number of anilines is 1. The zero-order valence-corrected chi connectivity index (χ0v) is 17.9. The molecule has 1 aliphatic rings. The van der Waals surface area contributed by atoms with Crippen molar-refractivity contribution in [1.29, 1.82) is 0 Å². The second kappa shape index (κ2) is 8.52. The van der Waals surface area contributed by atoms with E-state index in [1.165, 1.54) is 17.8 Å². The SMILES string of the molecule is Cn1c(SCc2ccc(Cl)cc2)nc(=O)c2c1NC(=O)CC2c1ccccc1[N+](=O)[O-]. The lowest BCUT2D eigenvalue weighted by molar-refractivity contribution is -0.385. The lowest BCUT2D eigenvalue weighted by atomic mass is 9.86. The average Bonchev–Trinajstić information content (AvgIpc) is 2.75. The van der Waals surface area contributed by atoms with E-state index in [1.807, 2.05) is 12.1 Å². The maximum Gasteiger partial charge on any atom is 0.279 e. The third-order valence-electron chi connectivity index (χ3n) is 5.09. The van der Waals surface area contributed by atoms with Gasteiger partial charge >= 0.3 is 0 Å². The smallest absolute Gasteiger partial charge is 0.279 e. The number of aromatic nitrogens is 2. The van der Waals surface area contributed by atoms with Crippen LogP contribution in [-0.4, -0.2) is 20.4 Å². The third-order valence-corrected chi connectivity index (χ3v) is 6.44. The predicted molar refractivity (Wildman–Crippen MR) is 119 cm³/mol. The van der Waals surface area contributed by atoms with E-state index in [-0.39, 0.29) is 23.6 Å². The number of nitro groups is 1. The Morgan fingerprint density at radius 2 is 1.94 bits per heavy atom. The highest BCUT2D eigenvalue weighted by atomic mass is 35.5. The lowest BCUT2D eigenvalue weighted by Crippen LogP contribution is -2.33. The lowest BCUT2D eigenvalue weighted by Gasteiger charge is -2.27. The maximum atomic E-state index is 13.0. The molecule has 10 heteroatoms. The van der Waals surface area contributed by atoms with Gasteiger partial charge in [0.15, 0.2) is 5.16 Å². The molecule has 1 atom stereocenters. The molecule has 2 aromatic carbocycles. The molecular formula is C21H17ClN4O4S. The van der Waals surface area contributed by atoms with E-state index in [2.05, 4.69) is 10.3 Å². The summed E-state index contributed by atoms with van der Waals surface area (Å²) in [6.45, 7) is 0. The van der Waals surface area contributed by atoms with Crippen molar-refractivity contribution in [2.45, 2.75) is 23.2 Å². The van der Waals surface area contributed by atoms with Crippen molar-refractivity contribution in [3.05, 3.63) is 90.7 Å². The fourth-order valence-corrected chi connectivity index (χ4v) is 4.65. The number of halogens is 1. The molecule has 0 fully saturated rings. The molecule has 1 unspecified atom stereocenters. The zero-order chi connectivity index (χ0) is 22.1. The second-order valence-electron chi connectivity index (χ2n) is 7.06. The maximum absolute atomic E-state index is 13.0. The number of hydrogen-bond donors (Lipinski definition) is 1. The Kier molecular flexibility index (Phi) is 5.79. The van der Waals surface area contributed by atoms with Crippen LogP contribution in [0.5, 0.6) is 0 Å². The van der Waals surface area contributed by atoms with E-state index < -0.39 is 16.4 Å². The molecule has 3 aromatic rings. The average molecular weight is 457 g/mol. The first kappa shape index (κ1) is 21.1. The summed E-state index contributed by atoms with van der Waals surface area (Å²) in [6, 6.07) is 13.5. The van der Waals surface area contributed by atoms with Gasteiger partial charge in [-0.15, -0.1) is 0 Å². The number of nitrogens with one attached hydrogen (secondary N) is 1. The number of hydrogen-bond acceptors (Lipinski definition) is 6. The second-order valence-corrected chi connectivity index (χ2v) is 8.44. The quantitative estimate of drug-likeness (QED) is 0.268. The van der Waals surface area contributed by atoms with E-state index in [0.717, 1.165) is 5.56 Å². The monoisotopic (exact) mass is 456 g/mol. The third kappa shape index (κ3) is 4.19. The van der Waals surface area contributed by atoms with Crippen molar-refractivity contribution in [1.82, 2.24) is 9.55 Å². The largest absolute Gasteiger partial charge is 0.312 e. The molecule has 1 aromatic heterocycles. The molecule has 1 N–H and O–H groups in total. The number of carbonyl (C=O) groups excluding carboxylic acids is 1. The van der Waals surface area contributed by atoms with Crippen molar-refractivity contribution in [3.8, 4) is 0 Å². The molecule has 1 amide bonds. The van der Waals surface area contributed by atoms with E-state index in [0.29, 0.717) is 27.3 Å². The molecule has 4 rings (SSSR count). The first-order valence-electron chi connectivity index (χ1n) is 9.36. The van der Waals surface area contributed by atoms with Crippen molar-refractivity contribution in [2.75, 3.05) is 5.32 Å². The highest BCUT2D eigenvalue weighted by Crippen LogP contribution is 2.39. The molecule has 2 heterocycles. The van der Waals surface area contributed by atoms with Crippen LogP contribution in [0, 0.1) is 10.1 Å². The zero-order valence-electron chi connectivity index (χ0n) is 16.4. The van der Waals surface area contributed by atoms with Crippen LogP contribution >= 0.6 is 23.4 Å². The van der Waals surface area contributed by atoms with Gasteiger partial charge in [-0.2, -0.15) is 4.98 Å². The van der Waals surface area contributed by atoms with Gasteiger partial charge < -0.3 is 9.88 Å². The summed E-state index contributed by atoms with van der Waals surface area (Å²) < 4.78 is 1.65. The Balaban J connectivity index is 1.75. The van der Waals surface area contributed by atoms with Gasteiger partial charge in [-0.25, -0.2) is 0 Å². The summed E-state index contributed by atoms with van der Waals surface area (Å²) in [4.78, 5) is 40.6. The molecular weight excluding hydrogens is 440 g/mol. The Hall–Kier alpha value is -3.17. The fourth-order valence-electron chi connectivity index (χ4n) is 3.61. The molecule has 0 saturated heterocycles. The number of benzene rings is 2. The van der Waals surface area contributed by atoms with Crippen molar-refractivity contribution in [3.63, 3.8) is 0 Å². The minimum atomic E-state index is -0.744. The molecule has 0 spiro atoms.